The van der Waals surface area contributed by atoms with E-state index in [0.717, 1.165) is 16.7 Å². The summed E-state index contributed by atoms with van der Waals surface area (Å²) in [5, 5.41) is 0. The molecule has 0 aliphatic heterocycles. The molecule has 0 aromatic heterocycles. The molecule has 3 rings (SSSR count). The van der Waals surface area contributed by atoms with Crippen LogP contribution in [-0.2, 0) is 14.8 Å². The second-order valence-corrected chi connectivity index (χ2v) is 8.26. The fourth-order valence-corrected chi connectivity index (χ4v) is 4.18. The minimum Gasteiger partial charge on any atom is -0.369 e. The Bertz CT molecular complexity index is 870. The standard InChI is InChI=1S/C20H23NO3S/c1-14(2)24-19-13-10-16-6-4-5-7-18(16)20(19)21-25(22,23)17-11-8-15(3)9-12-17/h4-14,19-21H,1-3H3/t19-,20-/m1/s1. The number of fused-ring (bicyclic) bond motifs is 1. The highest BCUT2D eigenvalue weighted by Gasteiger charge is 2.31. The van der Waals surface area contributed by atoms with Crippen molar-refractivity contribution < 1.29 is 13.2 Å². The van der Waals surface area contributed by atoms with Crippen molar-refractivity contribution in [1.82, 2.24) is 4.72 Å². The van der Waals surface area contributed by atoms with Gasteiger partial charge < -0.3 is 4.74 Å². The maximum atomic E-state index is 12.9. The molecule has 0 saturated carbocycles. The van der Waals surface area contributed by atoms with Crippen LogP contribution in [0.5, 0.6) is 0 Å². The fraction of sp³-hybridized carbons (Fsp3) is 0.300. The van der Waals surface area contributed by atoms with Gasteiger partial charge in [0.2, 0.25) is 10.0 Å². The Hall–Kier alpha value is -1.95. The van der Waals surface area contributed by atoms with Gasteiger partial charge in [0, 0.05) is 0 Å². The third kappa shape index (κ3) is 4.00. The van der Waals surface area contributed by atoms with Crippen molar-refractivity contribution in [3.05, 3.63) is 71.3 Å². The highest BCUT2D eigenvalue weighted by atomic mass is 32.2. The number of hydrogen-bond donors (Lipinski definition) is 1. The van der Waals surface area contributed by atoms with Crippen LogP contribution in [0.1, 0.15) is 36.6 Å². The van der Waals surface area contributed by atoms with Crippen LogP contribution in [0.3, 0.4) is 0 Å². The first kappa shape index (κ1) is 17.9. The number of aryl methyl sites for hydroxylation is 1. The van der Waals surface area contributed by atoms with E-state index in [1.54, 1.807) is 24.3 Å². The Morgan fingerprint density at radius 3 is 2.40 bits per heavy atom. The minimum atomic E-state index is -3.65. The molecule has 5 heteroatoms. The molecule has 4 nitrogen and oxygen atoms in total. The van der Waals surface area contributed by atoms with E-state index < -0.39 is 16.1 Å². The first-order valence-corrected chi connectivity index (χ1v) is 9.87. The number of ether oxygens (including phenoxy) is 1. The van der Waals surface area contributed by atoms with Crippen LogP contribution in [0.25, 0.3) is 6.08 Å². The lowest BCUT2D eigenvalue weighted by Gasteiger charge is -2.31. The van der Waals surface area contributed by atoms with Crippen molar-refractivity contribution >= 4 is 16.1 Å². The van der Waals surface area contributed by atoms with Gasteiger partial charge in [-0.15, -0.1) is 0 Å². The third-order valence-electron chi connectivity index (χ3n) is 4.17. The van der Waals surface area contributed by atoms with E-state index in [4.69, 9.17) is 4.74 Å². The van der Waals surface area contributed by atoms with E-state index in [1.165, 1.54) is 0 Å². The maximum absolute atomic E-state index is 12.9. The largest absolute Gasteiger partial charge is 0.369 e. The Morgan fingerprint density at radius 2 is 1.72 bits per heavy atom. The van der Waals surface area contributed by atoms with Crippen molar-refractivity contribution in [3.8, 4) is 0 Å². The third-order valence-corrected chi connectivity index (χ3v) is 5.62. The summed E-state index contributed by atoms with van der Waals surface area (Å²) in [6, 6.07) is 14.2. The molecule has 2 atom stereocenters. The average molecular weight is 357 g/mol. The second kappa shape index (κ2) is 7.12. The number of hydrogen-bond acceptors (Lipinski definition) is 3. The first-order valence-electron chi connectivity index (χ1n) is 8.38. The predicted molar refractivity (Wildman–Crippen MR) is 99.7 cm³/mol. The van der Waals surface area contributed by atoms with Crippen LogP contribution in [0.15, 0.2) is 59.5 Å². The zero-order chi connectivity index (χ0) is 18.0. The summed E-state index contributed by atoms with van der Waals surface area (Å²) < 4.78 is 34.5. The van der Waals surface area contributed by atoms with Gasteiger partial charge in [-0.3, -0.25) is 0 Å². The van der Waals surface area contributed by atoms with E-state index in [2.05, 4.69) is 4.72 Å². The van der Waals surface area contributed by atoms with Crippen molar-refractivity contribution in [2.24, 2.45) is 0 Å². The van der Waals surface area contributed by atoms with E-state index >= 15 is 0 Å². The Balaban J connectivity index is 1.96. The van der Waals surface area contributed by atoms with Crippen LogP contribution in [0.4, 0.5) is 0 Å². The van der Waals surface area contributed by atoms with E-state index in [1.807, 2.05) is 57.2 Å². The van der Waals surface area contributed by atoms with Crippen LogP contribution in [-0.4, -0.2) is 20.6 Å². The molecule has 132 valence electrons. The molecular formula is C20H23NO3S. The molecule has 0 amide bonds. The Morgan fingerprint density at radius 1 is 1.04 bits per heavy atom. The molecular weight excluding hydrogens is 334 g/mol. The molecule has 0 spiro atoms. The zero-order valence-corrected chi connectivity index (χ0v) is 15.5. The first-order chi connectivity index (χ1) is 11.9. The van der Waals surface area contributed by atoms with Crippen molar-refractivity contribution in [1.29, 1.82) is 0 Å². The number of rotatable bonds is 5. The van der Waals surface area contributed by atoms with Crippen LogP contribution < -0.4 is 4.72 Å². The van der Waals surface area contributed by atoms with Crippen molar-refractivity contribution in [2.45, 2.75) is 43.9 Å². The highest BCUT2D eigenvalue weighted by molar-refractivity contribution is 7.89. The number of nitrogens with one attached hydrogen (secondary N) is 1. The summed E-state index contributed by atoms with van der Waals surface area (Å²) >= 11 is 0. The van der Waals surface area contributed by atoms with Gasteiger partial charge in [-0.1, -0.05) is 54.1 Å². The quantitative estimate of drug-likeness (QED) is 0.885. The lowest BCUT2D eigenvalue weighted by Crippen LogP contribution is -2.39. The lowest BCUT2D eigenvalue weighted by atomic mass is 9.91. The summed E-state index contributed by atoms with van der Waals surface area (Å²) in [4.78, 5) is 0.258. The predicted octanol–water partition coefficient (Wildman–Crippen LogP) is 3.84. The molecule has 0 radical (unpaired) electrons. The smallest absolute Gasteiger partial charge is 0.241 e. The van der Waals surface area contributed by atoms with Gasteiger partial charge in [-0.05, 0) is 44.0 Å². The minimum absolute atomic E-state index is 0.00806. The van der Waals surface area contributed by atoms with Gasteiger partial charge in [-0.2, -0.15) is 0 Å². The molecule has 0 fully saturated rings. The monoisotopic (exact) mass is 357 g/mol. The topological polar surface area (TPSA) is 55.4 Å². The fourth-order valence-electron chi connectivity index (χ4n) is 2.95. The highest BCUT2D eigenvalue weighted by Crippen LogP contribution is 2.31. The lowest BCUT2D eigenvalue weighted by molar-refractivity contribution is 0.0176. The van der Waals surface area contributed by atoms with Crippen LogP contribution in [0, 0.1) is 6.92 Å². The van der Waals surface area contributed by atoms with Gasteiger partial charge in [0.05, 0.1) is 23.1 Å². The molecule has 1 aliphatic carbocycles. The van der Waals surface area contributed by atoms with Gasteiger partial charge in [-0.25, -0.2) is 13.1 Å². The van der Waals surface area contributed by atoms with Gasteiger partial charge in [0.25, 0.3) is 0 Å². The molecule has 0 heterocycles. The molecule has 1 aliphatic rings. The van der Waals surface area contributed by atoms with Crippen molar-refractivity contribution in [2.75, 3.05) is 0 Å². The van der Waals surface area contributed by atoms with E-state index in [0.29, 0.717) is 0 Å². The van der Waals surface area contributed by atoms with Gasteiger partial charge in [0.1, 0.15) is 0 Å². The Kier molecular flexibility index (Phi) is 5.08. The van der Waals surface area contributed by atoms with Gasteiger partial charge in [0.15, 0.2) is 0 Å². The molecule has 1 N–H and O–H groups in total. The summed E-state index contributed by atoms with van der Waals surface area (Å²) in [5.41, 5.74) is 2.94. The molecule has 0 saturated heterocycles. The zero-order valence-electron chi connectivity index (χ0n) is 14.6. The normalized spacial score (nSPS) is 19.8. The van der Waals surface area contributed by atoms with Crippen LogP contribution in [0.2, 0.25) is 0 Å². The maximum Gasteiger partial charge on any atom is 0.241 e. The van der Waals surface area contributed by atoms with E-state index in [-0.39, 0.29) is 17.1 Å². The number of sulfonamides is 1. The summed E-state index contributed by atoms with van der Waals surface area (Å²) in [7, 11) is -3.65. The Labute approximate surface area is 149 Å². The molecule has 2 aromatic rings. The summed E-state index contributed by atoms with van der Waals surface area (Å²) in [5.74, 6) is 0. The molecule has 0 unspecified atom stereocenters. The SMILES string of the molecule is Cc1ccc(S(=O)(=O)N[C@@H]2c3ccccc3C=C[C@H]2OC(C)C)cc1. The van der Waals surface area contributed by atoms with Crippen molar-refractivity contribution in [3.63, 3.8) is 0 Å². The summed E-state index contributed by atoms with van der Waals surface area (Å²) in [6.07, 6.45) is 3.55. The molecule has 25 heavy (non-hydrogen) atoms. The number of benzene rings is 2. The van der Waals surface area contributed by atoms with Crippen LogP contribution >= 0.6 is 0 Å². The average Bonchev–Trinajstić information content (AvgIpc) is 2.57. The second-order valence-electron chi connectivity index (χ2n) is 6.55. The summed E-state index contributed by atoms with van der Waals surface area (Å²) in [6.45, 7) is 5.82. The van der Waals surface area contributed by atoms with E-state index in [9.17, 15) is 8.42 Å². The molecule has 2 aromatic carbocycles. The van der Waals surface area contributed by atoms with Gasteiger partial charge >= 0.3 is 0 Å². The molecule has 0 bridgehead atoms.